The summed E-state index contributed by atoms with van der Waals surface area (Å²) >= 11 is 0. The standard InChI is InChI=1S/C21H23N3O6/c1-23(2)21(27)13-5-6-18-17(7-13)24(20(26)12-30-18)11-19(25)22-14-8-15(28-3)10-16(9-14)29-4/h5-10H,11-12H2,1-4H3,(H,22,25). The Morgan fingerprint density at radius 2 is 1.77 bits per heavy atom. The van der Waals surface area contributed by atoms with Crippen LogP contribution in [0, 0.1) is 0 Å². The fraction of sp³-hybridized carbons (Fsp3) is 0.286. The highest BCUT2D eigenvalue weighted by atomic mass is 16.5. The summed E-state index contributed by atoms with van der Waals surface area (Å²) in [4.78, 5) is 40.1. The van der Waals surface area contributed by atoms with E-state index >= 15 is 0 Å². The lowest BCUT2D eigenvalue weighted by Crippen LogP contribution is -2.43. The molecule has 9 nitrogen and oxygen atoms in total. The Bertz CT molecular complexity index is 966. The van der Waals surface area contributed by atoms with E-state index in [-0.39, 0.29) is 25.0 Å². The molecule has 3 rings (SSSR count). The van der Waals surface area contributed by atoms with Crippen molar-refractivity contribution in [3.05, 3.63) is 42.0 Å². The van der Waals surface area contributed by atoms with E-state index in [2.05, 4.69) is 5.32 Å². The van der Waals surface area contributed by atoms with Gasteiger partial charge in [-0.2, -0.15) is 0 Å². The van der Waals surface area contributed by atoms with E-state index in [1.54, 1.807) is 50.5 Å². The first-order valence-electron chi connectivity index (χ1n) is 9.14. The number of rotatable bonds is 6. The van der Waals surface area contributed by atoms with Crippen LogP contribution in [-0.2, 0) is 9.59 Å². The number of carbonyl (C=O) groups is 3. The zero-order valence-electron chi connectivity index (χ0n) is 17.2. The third kappa shape index (κ3) is 4.45. The van der Waals surface area contributed by atoms with Gasteiger partial charge in [0, 0.05) is 43.5 Å². The van der Waals surface area contributed by atoms with Gasteiger partial charge in [0.25, 0.3) is 11.8 Å². The molecule has 0 bridgehead atoms. The van der Waals surface area contributed by atoms with Crippen molar-refractivity contribution in [2.24, 2.45) is 0 Å². The van der Waals surface area contributed by atoms with Crippen LogP contribution in [0.2, 0.25) is 0 Å². The Hall–Kier alpha value is -3.75. The smallest absolute Gasteiger partial charge is 0.265 e. The number of nitrogens with zero attached hydrogens (tertiary/aromatic N) is 2. The number of ether oxygens (including phenoxy) is 3. The van der Waals surface area contributed by atoms with Gasteiger partial charge in [0.15, 0.2) is 6.61 Å². The highest BCUT2D eigenvalue weighted by molar-refractivity contribution is 6.06. The maximum atomic E-state index is 12.7. The van der Waals surface area contributed by atoms with E-state index in [1.807, 2.05) is 0 Å². The molecule has 0 spiro atoms. The molecule has 30 heavy (non-hydrogen) atoms. The molecule has 2 aromatic carbocycles. The molecule has 0 saturated carbocycles. The van der Waals surface area contributed by atoms with Crippen LogP contribution in [0.5, 0.6) is 17.2 Å². The summed E-state index contributed by atoms with van der Waals surface area (Å²) in [5.74, 6) is 0.448. The van der Waals surface area contributed by atoms with Gasteiger partial charge >= 0.3 is 0 Å². The first-order chi connectivity index (χ1) is 14.3. The molecule has 1 heterocycles. The monoisotopic (exact) mass is 413 g/mol. The van der Waals surface area contributed by atoms with Crippen LogP contribution in [0.3, 0.4) is 0 Å². The fourth-order valence-electron chi connectivity index (χ4n) is 2.99. The Balaban J connectivity index is 1.83. The maximum absolute atomic E-state index is 12.7. The lowest BCUT2D eigenvalue weighted by atomic mass is 10.1. The molecular formula is C21H23N3O6. The molecule has 0 fully saturated rings. The third-order valence-corrected chi connectivity index (χ3v) is 4.49. The van der Waals surface area contributed by atoms with Gasteiger partial charge in [-0.25, -0.2) is 0 Å². The summed E-state index contributed by atoms with van der Waals surface area (Å²) in [5.41, 5.74) is 1.23. The van der Waals surface area contributed by atoms with Gasteiger partial charge in [0.05, 0.1) is 19.9 Å². The van der Waals surface area contributed by atoms with Crippen molar-refractivity contribution in [2.45, 2.75) is 0 Å². The summed E-state index contributed by atoms with van der Waals surface area (Å²) in [5, 5.41) is 2.74. The average molecular weight is 413 g/mol. The van der Waals surface area contributed by atoms with E-state index in [4.69, 9.17) is 14.2 Å². The summed E-state index contributed by atoms with van der Waals surface area (Å²) in [6.45, 7) is -0.428. The number of methoxy groups -OCH3 is 2. The normalized spacial score (nSPS) is 12.5. The van der Waals surface area contributed by atoms with Crippen molar-refractivity contribution < 1.29 is 28.6 Å². The number of nitrogens with one attached hydrogen (secondary N) is 1. The highest BCUT2D eigenvalue weighted by Gasteiger charge is 2.28. The largest absolute Gasteiger partial charge is 0.497 e. The van der Waals surface area contributed by atoms with Crippen molar-refractivity contribution in [1.82, 2.24) is 4.90 Å². The van der Waals surface area contributed by atoms with Crippen molar-refractivity contribution in [1.29, 1.82) is 0 Å². The van der Waals surface area contributed by atoms with Crippen molar-refractivity contribution in [3.8, 4) is 17.2 Å². The minimum atomic E-state index is -0.421. The van der Waals surface area contributed by atoms with Crippen LogP contribution in [0.4, 0.5) is 11.4 Å². The molecule has 0 atom stereocenters. The molecule has 0 aliphatic carbocycles. The van der Waals surface area contributed by atoms with E-state index in [9.17, 15) is 14.4 Å². The SMILES string of the molecule is COc1cc(NC(=O)CN2C(=O)COc3ccc(C(=O)N(C)C)cc32)cc(OC)c1. The molecule has 9 heteroatoms. The summed E-state index contributed by atoms with van der Waals surface area (Å²) < 4.78 is 15.8. The molecule has 0 saturated heterocycles. The Morgan fingerprint density at radius 1 is 1.10 bits per heavy atom. The van der Waals surface area contributed by atoms with Crippen molar-refractivity contribution >= 4 is 29.1 Å². The predicted octanol–water partition coefficient (Wildman–Crippen LogP) is 1.77. The summed E-state index contributed by atoms with van der Waals surface area (Å²) in [6.07, 6.45) is 0. The van der Waals surface area contributed by atoms with Crippen molar-refractivity contribution in [3.63, 3.8) is 0 Å². The van der Waals surface area contributed by atoms with Crippen LogP contribution in [0.1, 0.15) is 10.4 Å². The Morgan fingerprint density at radius 3 is 2.37 bits per heavy atom. The summed E-state index contributed by atoms with van der Waals surface area (Å²) in [7, 11) is 6.29. The number of fused-ring (bicyclic) bond motifs is 1. The van der Waals surface area contributed by atoms with Gasteiger partial charge in [0.1, 0.15) is 23.8 Å². The average Bonchev–Trinajstić information content (AvgIpc) is 2.74. The molecule has 158 valence electrons. The Labute approximate surface area is 174 Å². The quantitative estimate of drug-likeness (QED) is 0.775. The van der Waals surface area contributed by atoms with Gasteiger partial charge in [-0.05, 0) is 18.2 Å². The number of carbonyl (C=O) groups excluding carboxylic acids is 3. The zero-order chi connectivity index (χ0) is 21.8. The lowest BCUT2D eigenvalue weighted by Gasteiger charge is -2.29. The molecule has 1 N–H and O–H groups in total. The first-order valence-corrected chi connectivity index (χ1v) is 9.14. The van der Waals surface area contributed by atoms with Crippen LogP contribution >= 0.6 is 0 Å². The molecule has 0 aromatic heterocycles. The minimum Gasteiger partial charge on any atom is -0.497 e. The van der Waals surface area contributed by atoms with Crippen LogP contribution in [-0.4, -0.2) is 64.1 Å². The van der Waals surface area contributed by atoms with Crippen LogP contribution in [0.25, 0.3) is 0 Å². The van der Waals surface area contributed by atoms with Crippen LogP contribution < -0.4 is 24.4 Å². The second-order valence-electron chi connectivity index (χ2n) is 6.80. The van der Waals surface area contributed by atoms with E-state index in [1.165, 1.54) is 24.0 Å². The molecular weight excluding hydrogens is 390 g/mol. The molecule has 0 radical (unpaired) electrons. The van der Waals surface area contributed by atoms with Gasteiger partial charge in [-0.15, -0.1) is 0 Å². The maximum Gasteiger partial charge on any atom is 0.265 e. The van der Waals surface area contributed by atoms with E-state index in [0.717, 1.165) is 0 Å². The predicted molar refractivity (Wildman–Crippen MR) is 110 cm³/mol. The number of hydrogen-bond donors (Lipinski definition) is 1. The second kappa shape index (κ2) is 8.73. The molecule has 3 amide bonds. The molecule has 2 aromatic rings. The molecule has 1 aliphatic rings. The van der Waals surface area contributed by atoms with Gasteiger partial charge < -0.3 is 24.4 Å². The third-order valence-electron chi connectivity index (χ3n) is 4.49. The minimum absolute atomic E-state index is 0.186. The number of amides is 3. The summed E-state index contributed by atoms with van der Waals surface area (Å²) in [6, 6.07) is 9.76. The van der Waals surface area contributed by atoms with Crippen molar-refractivity contribution in [2.75, 3.05) is 51.7 Å². The van der Waals surface area contributed by atoms with Gasteiger partial charge in [-0.3, -0.25) is 19.3 Å². The zero-order valence-corrected chi connectivity index (χ0v) is 17.2. The molecule has 1 aliphatic heterocycles. The van der Waals surface area contributed by atoms with E-state index < -0.39 is 5.91 Å². The number of anilines is 2. The number of benzene rings is 2. The highest BCUT2D eigenvalue weighted by Crippen LogP contribution is 2.33. The molecule has 0 unspecified atom stereocenters. The second-order valence-corrected chi connectivity index (χ2v) is 6.80. The van der Waals surface area contributed by atoms with E-state index in [0.29, 0.717) is 34.2 Å². The Kier molecular flexibility index (Phi) is 6.10. The lowest BCUT2D eigenvalue weighted by molar-refractivity contribution is -0.123. The van der Waals surface area contributed by atoms with Gasteiger partial charge in [0.2, 0.25) is 5.91 Å². The topological polar surface area (TPSA) is 97.4 Å². The van der Waals surface area contributed by atoms with Gasteiger partial charge in [-0.1, -0.05) is 0 Å². The fourth-order valence-corrected chi connectivity index (χ4v) is 2.99. The van der Waals surface area contributed by atoms with Crippen LogP contribution in [0.15, 0.2) is 36.4 Å². The number of hydrogen-bond acceptors (Lipinski definition) is 6. The first kappa shape index (κ1) is 21.0.